The molecule has 2 rings (SSSR count). The Labute approximate surface area is 160 Å². The molecule has 2 N–H and O–H groups in total. The Morgan fingerprint density at radius 3 is 2.63 bits per heavy atom. The molecule has 0 unspecified atom stereocenters. The highest BCUT2D eigenvalue weighted by molar-refractivity contribution is 6.08. The highest BCUT2D eigenvalue weighted by Gasteiger charge is 2.56. The van der Waals surface area contributed by atoms with Crippen molar-refractivity contribution in [3.05, 3.63) is 0 Å². The van der Waals surface area contributed by atoms with Gasteiger partial charge < -0.3 is 15.4 Å². The minimum atomic E-state index is -0.948. The number of carbonyl (C=O) groups is 4. The summed E-state index contributed by atoms with van der Waals surface area (Å²) in [5, 5.41) is 5.44. The monoisotopic (exact) mass is 381 g/mol. The van der Waals surface area contributed by atoms with Crippen LogP contribution in [0.5, 0.6) is 0 Å². The van der Waals surface area contributed by atoms with Crippen molar-refractivity contribution >= 4 is 23.8 Å². The number of amides is 4. The zero-order valence-electron chi connectivity index (χ0n) is 16.7. The number of unbranched alkanes of at least 4 members (excludes halogenated alkanes) is 1. The first-order chi connectivity index (χ1) is 12.6. The highest BCUT2D eigenvalue weighted by Crippen LogP contribution is 2.46. The number of hydrogen-bond donors (Lipinski definition) is 2. The number of nitrogens with zero attached hydrogens (tertiary/aromatic N) is 1. The summed E-state index contributed by atoms with van der Waals surface area (Å²) in [4.78, 5) is 49.8. The summed E-state index contributed by atoms with van der Waals surface area (Å²) < 4.78 is 4.91. The molecule has 0 aromatic rings. The number of imide groups is 1. The maximum absolute atomic E-state index is 12.9. The lowest BCUT2D eigenvalue weighted by Crippen LogP contribution is -2.54. The van der Waals surface area contributed by atoms with Gasteiger partial charge in [-0.25, -0.2) is 4.79 Å². The van der Waals surface area contributed by atoms with Crippen LogP contribution in [0.2, 0.25) is 0 Å². The average Bonchev–Trinajstić information content (AvgIpc) is 2.75. The predicted molar refractivity (Wildman–Crippen MR) is 98.6 cm³/mol. The van der Waals surface area contributed by atoms with Crippen molar-refractivity contribution in [2.75, 3.05) is 19.7 Å². The summed E-state index contributed by atoms with van der Waals surface area (Å²) in [6.07, 6.45) is 3.88. The van der Waals surface area contributed by atoms with Crippen molar-refractivity contribution in [2.24, 2.45) is 11.3 Å². The van der Waals surface area contributed by atoms with Gasteiger partial charge in [0.15, 0.2) is 6.61 Å². The summed E-state index contributed by atoms with van der Waals surface area (Å²) in [5.74, 6) is -1.26. The van der Waals surface area contributed by atoms with Crippen LogP contribution in [-0.4, -0.2) is 54.0 Å². The van der Waals surface area contributed by atoms with E-state index in [1.807, 2.05) is 6.92 Å². The molecular weight excluding hydrogens is 350 g/mol. The molecule has 8 heteroatoms. The van der Waals surface area contributed by atoms with Crippen LogP contribution in [0.3, 0.4) is 0 Å². The van der Waals surface area contributed by atoms with Gasteiger partial charge >= 0.3 is 12.0 Å². The number of hydrogen-bond acceptors (Lipinski definition) is 5. The first kappa shape index (κ1) is 21.2. The van der Waals surface area contributed by atoms with E-state index in [9.17, 15) is 19.2 Å². The minimum absolute atomic E-state index is 0.0757. The van der Waals surface area contributed by atoms with Crippen LogP contribution < -0.4 is 10.6 Å². The maximum Gasteiger partial charge on any atom is 0.326 e. The van der Waals surface area contributed by atoms with Crippen molar-refractivity contribution < 1.29 is 23.9 Å². The van der Waals surface area contributed by atoms with E-state index in [4.69, 9.17) is 4.74 Å². The molecule has 1 spiro atoms. The first-order valence-electron chi connectivity index (χ1n) is 9.65. The number of esters is 1. The topological polar surface area (TPSA) is 105 Å². The fraction of sp³-hybridized carbons (Fsp3) is 0.789. The minimum Gasteiger partial charge on any atom is -0.454 e. The second kappa shape index (κ2) is 8.27. The lowest BCUT2D eigenvalue weighted by Gasteiger charge is -2.43. The Morgan fingerprint density at radius 1 is 1.30 bits per heavy atom. The second-order valence-corrected chi connectivity index (χ2v) is 8.62. The lowest BCUT2D eigenvalue weighted by atomic mass is 9.64. The highest BCUT2D eigenvalue weighted by atomic mass is 16.5. The molecule has 1 saturated carbocycles. The molecule has 152 valence electrons. The quantitative estimate of drug-likeness (QED) is 0.396. The van der Waals surface area contributed by atoms with Gasteiger partial charge in [-0.05, 0) is 37.0 Å². The molecule has 27 heavy (non-hydrogen) atoms. The van der Waals surface area contributed by atoms with Crippen LogP contribution in [0, 0.1) is 11.3 Å². The Kier molecular flexibility index (Phi) is 6.49. The molecule has 1 aliphatic carbocycles. The summed E-state index contributed by atoms with van der Waals surface area (Å²) in [6.45, 7) is 7.86. The van der Waals surface area contributed by atoms with Gasteiger partial charge in [-0.2, -0.15) is 0 Å². The number of nitrogens with one attached hydrogen (secondary N) is 2. The third-order valence-electron chi connectivity index (χ3n) is 5.13. The zero-order chi connectivity index (χ0) is 20.2. The summed E-state index contributed by atoms with van der Waals surface area (Å²) in [7, 11) is 0. The fourth-order valence-corrected chi connectivity index (χ4v) is 4.43. The van der Waals surface area contributed by atoms with Gasteiger partial charge in [0.05, 0.1) is 0 Å². The standard InChI is InChI=1S/C19H31N3O5/c1-5-6-7-20-14(23)11-27-15(24)10-22-16(25)19(21-17(22)26)9-13(2)8-18(3,4)12-19/h13H,5-12H2,1-4H3,(H,20,23)(H,21,26)/t13-,19-/m0/s1. The van der Waals surface area contributed by atoms with Crippen molar-refractivity contribution in [1.82, 2.24) is 15.5 Å². The largest absolute Gasteiger partial charge is 0.454 e. The van der Waals surface area contributed by atoms with Crippen molar-refractivity contribution in [3.63, 3.8) is 0 Å². The molecule has 2 atom stereocenters. The molecule has 1 aliphatic heterocycles. The van der Waals surface area contributed by atoms with Gasteiger partial charge in [-0.15, -0.1) is 0 Å². The van der Waals surface area contributed by atoms with Gasteiger partial charge in [0.1, 0.15) is 12.1 Å². The molecule has 0 aromatic heterocycles. The van der Waals surface area contributed by atoms with Crippen LogP contribution in [0.25, 0.3) is 0 Å². The van der Waals surface area contributed by atoms with Gasteiger partial charge in [-0.1, -0.05) is 34.1 Å². The smallest absolute Gasteiger partial charge is 0.326 e. The molecule has 0 bridgehead atoms. The summed E-state index contributed by atoms with van der Waals surface area (Å²) >= 11 is 0. The van der Waals surface area contributed by atoms with Gasteiger partial charge in [0.25, 0.3) is 11.8 Å². The van der Waals surface area contributed by atoms with Crippen molar-refractivity contribution in [1.29, 1.82) is 0 Å². The Bertz CT molecular complexity index is 618. The van der Waals surface area contributed by atoms with E-state index in [1.165, 1.54) is 0 Å². The third-order valence-corrected chi connectivity index (χ3v) is 5.13. The SMILES string of the molecule is CCCCNC(=O)COC(=O)CN1C(=O)N[C@]2(C[C@@H](C)CC(C)(C)C2)C1=O. The van der Waals surface area contributed by atoms with Crippen molar-refractivity contribution in [3.8, 4) is 0 Å². The molecule has 2 fully saturated rings. The normalized spacial score (nSPS) is 26.8. The van der Waals surface area contributed by atoms with Crippen LogP contribution >= 0.6 is 0 Å². The Morgan fingerprint density at radius 2 is 2.00 bits per heavy atom. The molecule has 4 amide bonds. The molecule has 8 nitrogen and oxygen atoms in total. The van der Waals surface area contributed by atoms with E-state index < -0.39 is 36.6 Å². The van der Waals surface area contributed by atoms with E-state index in [0.717, 1.165) is 24.2 Å². The van der Waals surface area contributed by atoms with E-state index >= 15 is 0 Å². The van der Waals surface area contributed by atoms with Gasteiger partial charge in [0.2, 0.25) is 0 Å². The predicted octanol–water partition coefficient (Wildman–Crippen LogP) is 1.58. The fourth-order valence-electron chi connectivity index (χ4n) is 4.43. The van der Waals surface area contributed by atoms with Crippen LogP contribution in [-0.2, 0) is 19.1 Å². The van der Waals surface area contributed by atoms with Crippen LogP contribution in [0.15, 0.2) is 0 Å². The molecule has 2 aliphatic rings. The van der Waals surface area contributed by atoms with E-state index in [2.05, 4.69) is 31.4 Å². The van der Waals surface area contributed by atoms with Gasteiger partial charge in [0, 0.05) is 6.54 Å². The van der Waals surface area contributed by atoms with Gasteiger partial charge in [-0.3, -0.25) is 19.3 Å². The van der Waals surface area contributed by atoms with Crippen LogP contribution in [0.1, 0.15) is 59.8 Å². The Balaban J connectivity index is 1.91. The van der Waals surface area contributed by atoms with Crippen LogP contribution in [0.4, 0.5) is 4.79 Å². The number of urea groups is 1. The average molecular weight is 381 g/mol. The first-order valence-corrected chi connectivity index (χ1v) is 9.65. The lowest BCUT2D eigenvalue weighted by molar-refractivity contribution is -0.151. The zero-order valence-corrected chi connectivity index (χ0v) is 16.7. The number of rotatable bonds is 7. The maximum atomic E-state index is 12.9. The summed E-state index contributed by atoms with van der Waals surface area (Å²) in [6, 6.07) is -0.575. The molecule has 0 aromatic carbocycles. The molecule has 1 heterocycles. The Hall–Kier alpha value is -2.12. The van der Waals surface area contributed by atoms with Crippen molar-refractivity contribution in [2.45, 2.75) is 65.3 Å². The number of ether oxygens (including phenoxy) is 1. The summed E-state index contributed by atoms with van der Waals surface area (Å²) in [5.41, 5.74) is -1.02. The second-order valence-electron chi connectivity index (χ2n) is 8.62. The molecule has 0 radical (unpaired) electrons. The third kappa shape index (κ3) is 5.20. The molecular formula is C19H31N3O5. The van der Waals surface area contributed by atoms with E-state index in [0.29, 0.717) is 19.4 Å². The van der Waals surface area contributed by atoms with E-state index in [1.54, 1.807) is 0 Å². The molecule has 1 saturated heterocycles. The van der Waals surface area contributed by atoms with E-state index in [-0.39, 0.29) is 17.2 Å². The number of carbonyl (C=O) groups excluding carboxylic acids is 4.